The highest BCUT2D eigenvalue weighted by Gasteiger charge is 2.21. The van der Waals surface area contributed by atoms with E-state index in [1.54, 1.807) is 66.7 Å². The lowest BCUT2D eigenvalue weighted by molar-refractivity contribution is -0.116. The maximum absolute atomic E-state index is 13.4. The molecule has 3 N–H and O–H groups in total. The Balaban J connectivity index is 1.50. The van der Waals surface area contributed by atoms with Crippen molar-refractivity contribution >= 4 is 74.5 Å². The van der Waals surface area contributed by atoms with E-state index in [0.717, 1.165) is 14.9 Å². The smallest absolute Gasteiger partial charge is 0.272 e. The monoisotopic (exact) mass is 677 g/mol. The molecule has 7 nitrogen and oxygen atoms in total. The molecule has 0 aliphatic rings. The Labute approximate surface area is 268 Å². The van der Waals surface area contributed by atoms with Gasteiger partial charge < -0.3 is 20.7 Å². The summed E-state index contributed by atoms with van der Waals surface area (Å²) in [6.45, 7) is 1.92. The van der Waals surface area contributed by atoms with E-state index >= 15 is 0 Å². The number of ether oxygens (including phenoxy) is 1. The third kappa shape index (κ3) is 9.22. The summed E-state index contributed by atoms with van der Waals surface area (Å²) in [4.78, 5) is 40.3. The molecule has 1 unspecified atom stereocenters. The number of benzene rings is 4. The first-order valence-corrected chi connectivity index (χ1v) is 15.4. The van der Waals surface area contributed by atoms with E-state index in [0.29, 0.717) is 34.1 Å². The van der Waals surface area contributed by atoms with Crippen LogP contribution in [0.2, 0.25) is 5.02 Å². The highest BCUT2D eigenvalue weighted by Crippen LogP contribution is 2.32. The molecule has 0 heterocycles. The van der Waals surface area contributed by atoms with Crippen molar-refractivity contribution in [3.8, 4) is 5.75 Å². The number of halogens is 2. The third-order valence-corrected chi connectivity index (χ3v) is 8.28. The van der Waals surface area contributed by atoms with Gasteiger partial charge in [-0.3, -0.25) is 14.4 Å². The SMILES string of the molecule is CCC(Sc1cccc(NC(=O)/C(=C\c2ccc(Br)cc2)NC(=O)c2ccccc2)c1)C(=O)Nc1cc(Cl)ccc1OC. The summed E-state index contributed by atoms with van der Waals surface area (Å²) in [5.74, 6) is -0.594. The van der Waals surface area contributed by atoms with E-state index in [1.165, 1.54) is 18.9 Å². The molecule has 43 heavy (non-hydrogen) atoms. The fourth-order valence-corrected chi connectivity index (χ4v) is 5.44. The summed E-state index contributed by atoms with van der Waals surface area (Å²) in [7, 11) is 1.53. The molecule has 4 aromatic rings. The first kappa shape index (κ1) is 31.9. The maximum atomic E-state index is 13.4. The predicted octanol–water partition coefficient (Wildman–Crippen LogP) is 8.03. The van der Waals surface area contributed by atoms with Crippen LogP contribution in [0.5, 0.6) is 5.75 Å². The molecule has 4 rings (SSSR count). The summed E-state index contributed by atoms with van der Waals surface area (Å²) in [6.07, 6.45) is 2.17. The third-order valence-electron chi connectivity index (χ3n) is 6.16. The molecule has 0 aliphatic carbocycles. The Bertz CT molecular complexity index is 1630. The Hall–Kier alpha value is -4.05. The Morgan fingerprint density at radius 3 is 2.37 bits per heavy atom. The number of rotatable bonds is 11. The summed E-state index contributed by atoms with van der Waals surface area (Å²) in [6, 6.07) is 28.3. The lowest BCUT2D eigenvalue weighted by atomic mass is 10.1. The van der Waals surface area contributed by atoms with Gasteiger partial charge in [0.25, 0.3) is 11.8 Å². The second kappa shape index (κ2) is 15.4. The van der Waals surface area contributed by atoms with Gasteiger partial charge >= 0.3 is 0 Å². The van der Waals surface area contributed by atoms with Crippen molar-refractivity contribution in [2.45, 2.75) is 23.5 Å². The van der Waals surface area contributed by atoms with Crippen LogP contribution in [0.25, 0.3) is 6.08 Å². The number of hydrogen-bond acceptors (Lipinski definition) is 5. The maximum Gasteiger partial charge on any atom is 0.272 e. The van der Waals surface area contributed by atoms with Crippen molar-refractivity contribution in [3.05, 3.63) is 123 Å². The van der Waals surface area contributed by atoms with Gasteiger partial charge in [0.1, 0.15) is 11.4 Å². The number of methoxy groups -OCH3 is 1. The van der Waals surface area contributed by atoms with Crippen LogP contribution in [0.1, 0.15) is 29.3 Å². The molecule has 0 aliphatic heterocycles. The van der Waals surface area contributed by atoms with Crippen molar-refractivity contribution in [2.24, 2.45) is 0 Å². The fraction of sp³-hybridized carbons (Fsp3) is 0.121. The summed E-state index contributed by atoms with van der Waals surface area (Å²) in [5.41, 5.74) is 2.24. The molecule has 0 spiro atoms. The number of hydrogen-bond donors (Lipinski definition) is 3. The first-order chi connectivity index (χ1) is 20.7. The van der Waals surface area contributed by atoms with Gasteiger partial charge in [0.15, 0.2) is 0 Å². The minimum Gasteiger partial charge on any atom is -0.495 e. The van der Waals surface area contributed by atoms with Gasteiger partial charge in [-0.15, -0.1) is 11.8 Å². The number of nitrogens with one attached hydrogen (secondary N) is 3. The van der Waals surface area contributed by atoms with E-state index < -0.39 is 17.1 Å². The molecule has 3 amide bonds. The van der Waals surface area contributed by atoms with Crippen molar-refractivity contribution in [2.75, 3.05) is 17.7 Å². The standard InChI is InChI=1S/C33H29BrClN3O4S/c1-3-30(33(41)37-27-19-24(35)16-17-29(27)42-2)43-26-11-7-10-25(20-26)36-32(40)28(18-21-12-14-23(34)15-13-21)38-31(39)22-8-5-4-6-9-22/h4-20,30H,3H2,1-2H3,(H,36,40)(H,37,41)(H,38,39)/b28-18+. The fourth-order valence-electron chi connectivity index (χ4n) is 3.99. The van der Waals surface area contributed by atoms with Gasteiger partial charge in [0, 0.05) is 25.6 Å². The van der Waals surface area contributed by atoms with Gasteiger partial charge in [-0.05, 0) is 78.7 Å². The molecular weight excluding hydrogens is 650 g/mol. The average molecular weight is 679 g/mol. The Kier molecular flexibility index (Phi) is 11.4. The Morgan fingerprint density at radius 1 is 0.930 bits per heavy atom. The quantitative estimate of drug-likeness (QED) is 0.110. The van der Waals surface area contributed by atoms with Gasteiger partial charge in [0.05, 0.1) is 18.0 Å². The second-order valence-electron chi connectivity index (χ2n) is 9.26. The molecule has 1 atom stereocenters. The number of carbonyl (C=O) groups excluding carboxylic acids is 3. The zero-order chi connectivity index (χ0) is 30.8. The molecule has 0 radical (unpaired) electrons. The van der Waals surface area contributed by atoms with Gasteiger partial charge in [-0.2, -0.15) is 0 Å². The van der Waals surface area contributed by atoms with Crippen LogP contribution in [0, 0.1) is 0 Å². The van der Waals surface area contributed by atoms with Crippen LogP contribution in [0.3, 0.4) is 0 Å². The van der Waals surface area contributed by atoms with Crippen LogP contribution in [0.4, 0.5) is 11.4 Å². The zero-order valence-corrected chi connectivity index (χ0v) is 26.6. The van der Waals surface area contributed by atoms with Crippen LogP contribution in [-0.4, -0.2) is 30.1 Å². The van der Waals surface area contributed by atoms with Crippen LogP contribution >= 0.6 is 39.3 Å². The van der Waals surface area contributed by atoms with Crippen LogP contribution < -0.4 is 20.7 Å². The summed E-state index contributed by atoms with van der Waals surface area (Å²) >= 11 is 10.9. The number of carbonyl (C=O) groups is 3. The molecule has 220 valence electrons. The molecule has 10 heteroatoms. The van der Waals surface area contributed by atoms with E-state index in [-0.39, 0.29) is 11.6 Å². The molecule has 0 saturated carbocycles. The van der Waals surface area contributed by atoms with Gasteiger partial charge in [-0.25, -0.2) is 0 Å². The molecule has 0 fully saturated rings. The van der Waals surface area contributed by atoms with E-state index in [2.05, 4.69) is 31.9 Å². The van der Waals surface area contributed by atoms with E-state index in [1.807, 2.05) is 43.3 Å². The highest BCUT2D eigenvalue weighted by atomic mass is 79.9. The summed E-state index contributed by atoms with van der Waals surface area (Å²) < 4.78 is 6.24. The zero-order valence-electron chi connectivity index (χ0n) is 23.4. The number of anilines is 2. The lowest BCUT2D eigenvalue weighted by Gasteiger charge is -2.17. The van der Waals surface area contributed by atoms with E-state index in [4.69, 9.17) is 16.3 Å². The molecule has 0 saturated heterocycles. The minimum atomic E-state index is -0.493. The molecular formula is C33H29BrClN3O4S. The number of thioether (sulfide) groups is 1. The topological polar surface area (TPSA) is 96.5 Å². The Morgan fingerprint density at radius 2 is 1.67 bits per heavy atom. The van der Waals surface area contributed by atoms with Crippen molar-refractivity contribution in [1.82, 2.24) is 5.32 Å². The van der Waals surface area contributed by atoms with E-state index in [9.17, 15) is 14.4 Å². The largest absolute Gasteiger partial charge is 0.495 e. The van der Waals surface area contributed by atoms with Crippen molar-refractivity contribution in [3.63, 3.8) is 0 Å². The second-order valence-corrected chi connectivity index (χ2v) is 11.9. The van der Waals surface area contributed by atoms with Gasteiger partial charge in [-0.1, -0.05) is 70.9 Å². The predicted molar refractivity (Wildman–Crippen MR) is 178 cm³/mol. The molecule has 0 bridgehead atoms. The van der Waals surface area contributed by atoms with Crippen molar-refractivity contribution < 1.29 is 19.1 Å². The van der Waals surface area contributed by atoms with Crippen LogP contribution in [0.15, 0.2) is 112 Å². The number of amides is 3. The first-order valence-electron chi connectivity index (χ1n) is 13.3. The van der Waals surface area contributed by atoms with Gasteiger partial charge in [0.2, 0.25) is 5.91 Å². The van der Waals surface area contributed by atoms with Crippen molar-refractivity contribution in [1.29, 1.82) is 0 Å². The molecule has 4 aromatic carbocycles. The summed E-state index contributed by atoms with van der Waals surface area (Å²) in [5, 5.41) is 8.58. The lowest BCUT2D eigenvalue weighted by Crippen LogP contribution is -2.30. The average Bonchev–Trinajstić information content (AvgIpc) is 3.01. The van der Waals surface area contributed by atoms with Crippen LogP contribution in [-0.2, 0) is 9.59 Å². The highest BCUT2D eigenvalue weighted by molar-refractivity contribution is 9.10. The minimum absolute atomic E-state index is 0.0792. The molecule has 0 aromatic heterocycles. The normalized spacial score (nSPS) is 11.8.